The molecule has 7 heteroatoms. The molecule has 2 aromatic carbocycles. The topological polar surface area (TPSA) is 56.3 Å². The molecule has 0 unspecified atom stereocenters. The largest absolute Gasteiger partial charge is 0.383 e. The number of carbonyl (C=O) groups excluding carboxylic acids is 2. The molecule has 2 aromatic rings. The minimum absolute atomic E-state index is 0.0456. The summed E-state index contributed by atoms with van der Waals surface area (Å²) in [5.41, 5.74) is 2.72. The molecule has 2 heterocycles. The van der Waals surface area contributed by atoms with E-state index in [1.54, 1.807) is 12.0 Å². The number of amides is 3. The Hall–Kier alpha value is -3.16. The van der Waals surface area contributed by atoms with Gasteiger partial charge < -0.3 is 14.5 Å². The van der Waals surface area contributed by atoms with Crippen LogP contribution in [-0.4, -0.2) is 92.7 Å². The van der Waals surface area contributed by atoms with Crippen LogP contribution in [0.2, 0.25) is 0 Å². The van der Waals surface area contributed by atoms with Crippen LogP contribution in [0, 0.1) is 0 Å². The SMILES string of the molecule is COCCN1C(=O)N(CCc2ccccc2)C(=O)C12CCN(CC=Cc1ccc(N(C)C)cc1)CC2. The minimum Gasteiger partial charge on any atom is -0.383 e. The van der Waals surface area contributed by atoms with E-state index in [4.69, 9.17) is 4.74 Å². The Bertz CT molecular complexity index is 1040. The normalized spacial score (nSPS) is 18.1. The second-order valence-electron chi connectivity index (χ2n) is 9.84. The summed E-state index contributed by atoms with van der Waals surface area (Å²) in [4.78, 5) is 34.7. The number of urea groups is 1. The Morgan fingerprint density at radius 1 is 0.972 bits per heavy atom. The van der Waals surface area contributed by atoms with E-state index in [9.17, 15) is 9.59 Å². The average Bonchev–Trinajstić information content (AvgIpc) is 3.08. The standard InChI is InChI=1S/C29H38N4O3/c1-30(2)26-13-11-25(12-14-26)10-7-18-31-20-16-29(17-21-31)27(34)32(28(35)33(29)22-23-36-3)19-15-24-8-5-4-6-9-24/h4-14H,15-23H2,1-3H3. The van der Waals surface area contributed by atoms with Gasteiger partial charge in [-0.3, -0.25) is 14.6 Å². The van der Waals surface area contributed by atoms with E-state index < -0.39 is 5.54 Å². The van der Waals surface area contributed by atoms with E-state index in [0.717, 1.165) is 25.2 Å². The molecule has 2 aliphatic heterocycles. The number of hydrogen-bond acceptors (Lipinski definition) is 5. The highest BCUT2D eigenvalue weighted by Crippen LogP contribution is 2.37. The highest BCUT2D eigenvalue weighted by atomic mass is 16.5. The van der Waals surface area contributed by atoms with Crippen LogP contribution in [0.1, 0.15) is 24.0 Å². The molecule has 2 aliphatic rings. The van der Waals surface area contributed by atoms with E-state index in [-0.39, 0.29) is 11.9 Å². The lowest BCUT2D eigenvalue weighted by molar-refractivity contribution is -0.135. The van der Waals surface area contributed by atoms with Crippen molar-refractivity contribution in [2.45, 2.75) is 24.8 Å². The van der Waals surface area contributed by atoms with E-state index in [0.29, 0.717) is 39.0 Å². The zero-order chi connectivity index (χ0) is 25.5. The summed E-state index contributed by atoms with van der Waals surface area (Å²) in [5.74, 6) is -0.0456. The van der Waals surface area contributed by atoms with Gasteiger partial charge in [-0.2, -0.15) is 0 Å². The summed E-state index contributed by atoms with van der Waals surface area (Å²) in [6.07, 6.45) is 6.28. The minimum atomic E-state index is -0.755. The van der Waals surface area contributed by atoms with Crippen LogP contribution < -0.4 is 4.90 Å². The van der Waals surface area contributed by atoms with Crippen LogP contribution in [0.4, 0.5) is 10.5 Å². The summed E-state index contributed by atoms with van der Waals surface area (Å²) in [5, 5.41) is 0. The van der Waals surface area contributed by atoms with E-state index in [2.05, 4.69) is 46.2 Å². The van der Waals surface area contributed by atoms with Crippen molar-refractivity contribution in [3.05, 3.63) is 71.8 Å². The van der Waals surface area contributed by atoms with Crippen molar-refractivity contribution < 1.29 is 14.3 Å². The van der Waals surface area contributed by atoms with Gasteiger partial charge in [0, 0.05) is 59.6 Å². The molecule has 2 fully saturated rings. The first-order valence-corrected chi connectivity index (χ1v) is 12.8. The fourth-order valence-electron chi connectivity index (χ4n) is 5.17. The van der Waals surface area contributed by atoms with Crippen LogP contribution >= 0.6 is 0 Å². The maximum Gasteiger partial charge on any atom is 0.327 e. The van der Waals surface area contributed by atoms with Crippen molar-refractivity contribution in [2.75, 3.05) is 65.4 Å². The molecule has 0 N–H and O–H groups in total. The quantitative estimate of drug-likeness (QED) is 0.475. The van der Waals surface area contributed by atoms with Crippen molar-refractivity contribution in [3.63, 3.8) is 0 Å². The number of rotatable bonds is 10. The molecule has 192 valence electrons. The first kappa shape index (κ1) is 25.9. The Balaban J connectivity index is 1.38. The Kier molecular flexibility index (Phi) is 8.44. The van der Waals surface area contributed by atoms with Gasteiger partial charge in [0.2, 0.25) is 0 Å². The molecule has 3 amide bonds. The first-order chi connectivity index (χ1) is 17.4. The third-order valence-corrected chi connectivity index (χ3v) is 7.37. The van der Waals surface area contributed by atoms with Gasteiger partial charge >= 0.3 is 6.03 Å². The summed E-state index contributed by atoms with van der Waals surface area (Å²) >= 11 is 0. The number of hydrogen-bond donors (Lipinski definition) is 0. The average molecular weight is 491 g/mol. The second-order valence-corrected chi connectivity index (χ2v) is 9.84. The fraction of sp³-hybridized carbons (Fsp3) is 0.448. The van der Waals surface area contributed by atoms with E-state index in [1.165, 1.54) is 16.2 Å². The van der Waals surface area contributed by atoms with Crippen LogP contribution in [0.5, 0.6) is 0 Å². The molecule has 2 saturated heterocycles. The lowest BCUT2D eigenvalue weighted by atomic mass is 9.85. The van der Waals surface area contributed by atoms with Gasteiger partial charge in [0.15, 0.2) is 0 Å². The maximum atomic E-state index is 13.7. The Morgan fingerprint density at radius 3 is 2.31 bits per heavy atom. The first-order valence-electron chi connectivity index (χ1n) is 12.8. The van der Waals surface area contributed by atoms with Crippen molar-refractivity contribution in [1.82, 2.24) is 14.7 Å². The van der Waals surface area contributed by atoms with Crippen LogP contribution in [-0.2, 0) is 16.0 Å². The molecule has 0 bridgehead atoms. The van der Waals surface area contributed by atoms with Gasteiger partial charge in [-0.15, -0.1) is 0 Å². The van der Waals surface area contributed by atoms with Crippen LogP contribution in [0.15, 0.2) is 60.7 Å². The Labute approximate surface area is 214 Å². The van der Waals surface area contributed by atoms with Gasteiger partial charge in [-0.05, 0) is 42.5 Å². The molecule has 0 aliphatic carbocycles. The van der Waals surface area contributed by atoms with Gasteiger partial charge in [0.05, 0.1) is 6.61 Å². The lowest BCUT2D eigenvalue weighted by Gasteiger charge is -2.42. The summed E-state index contributed by atoms with van der Waals surface area (Å²) in [7, 11) is 5.70. The maximum absolute atomic E-state index is 13.7. The molecule has 0 saturated carbocycles. The molecular formula is C29H38N4O3. The fourth-order valence-corrected chi connectivity index (χ4v) is 5.17. The second kappa shape index (κ2) is 11.7. The summed E-state index contributed by atoms with van der Waals surface area (Å²) < 4.78 is 5.28. The number of carbonyl (C=O) groups is 2. The number of nitrogens with zero attached hydrogens (tertiary/aromatic N) is 4. The van der Waals surface area contributed by atoms with Crippen molar-refractivity contribution in [3.8, 4) is 0 Å². The smallest absolute Gasteiger partial charge is 0.327 e. The third kappa shape index (κ3) is 5.63. The van der Waals surface area contributed by atoms with Gasteiger partial charge in [-0.1, -0.05) is 54.6 Å². The molecule has 0 aromatic heterocycles. The van der Waals surface area contributed by atoms with E-state index in [1.807, 2.05) is 44.4 Å². The highest BCUT2D eigenvalue weighted by molar-refractivity contribution is 6.07. The molecule has 7 nitrogen and oxygen atoms in total. The summed E-state index contributed by atoms with van der Waals surface area (Å²) in [6, 6.07) is 18.3. The van der Waals surface area contributed by atoms with Crippen LogP contribution in [0.25, 0.3) is 6.08 Å². The lowest BCUT2D eigenvalue weighted by Crippen LogP contribution is -2.57. The molecule has 4 rings (SSSR count). The third-order valence-electron chi connectivity index (χ3n) is 7.37. The number of ether oxygens (including phenoxy) is 1. The van der Waals surface area contributed by atoms with Gasteiger partial charge in [-0.25, -0.2) is 4.79 Å². The zero-order valence-electron chi connectivity index (χ0n) is 21.7. The molecule has 0 atom stereocenters. The predicted octanol–water partition coefficient (Wildman–Crippen LogP) is 3.75. The number of imide groups is 1. The monoisotopic (exact) mass is 490 g/mol. The Morgan fingerprint density at radius 2 is 1.67 bits per heavy atom. The highest BCUT2D eigenvalue weighted by Gasteiger charge is 2.57. The predicted molar refractivity (Wildman–Crippen MR) is 144 cm³/mol. The van der Waals surface area contributed by atoms with Crippen molar-refractivity contribution in [1.29, 1.82) is 0 Å². The van der Waals surface area contributed by atoms with Gasteiger partial charge in [0.1, 0.15) is 5.54 Å². The van der Waals surface area contributed by atoms with Crippen LogP contribution in [0.3, 0.4) is 0 Å². The number of likely N-dealkylation sites (tertiary alicyclic amines) is 1. The zero-order valence-corrected chi connectivity index (χ0v) is 21.7. The molecule has 1 spiro atoms. The number of piperidine rings is 1. The number of anilines is 1. The number of benzene rings is 2. The van der Waals surface area contributed by atoms with Crippen molar-refractivity contribution in [2.24, 2.45) is 0 Å². The van der Waals surface area contributed by atoms with Gasteiger partial charge in [0.25, 0.3) is 5.91 Å². The number of methoxy groups -OCH3 is 1. The van der Waals surface area contributed by atoms with Crippen molar-refractivity contribution >= 4 is 23.7 Å². The van der Waals surface area contributed by atoms with E-state index >= 15 is 0 Å². The molecule has 0 radical (unpaired) electrons. The molecular weight excluding hydrogens is 452 g/mol. The molecule has 36 heavy (non-hydrogen) atoms. The summed E-state index contributed by atoms with van der Waals surface area (Å²) in [6.45, 7) is 3.64.